The summed E-state index contributed by atoms with van der Waals surface area (Å²) in [6, 6.07) is 13.6. The molecule has 0 atom stereocenters. The van der Waals surface area contributed by atoms with Gasteiger partial charge in [-0.25, -0.2) is 0 Å². The van der Waals surface area contributed by atoms with Crippen LogP contribution in [0.1, 0.15) is 39.6 Å². The third-order valence-corrected chi connectivity index (χ3v) is 3.19. The van der Waals surface area contributed by atoms with Crippen molar-refractivity contribution in [2.24, 2.45) is 0 Å². The van der Waals surface area contributed by atoms with Crippen LogP contribution < -0.4 is 0 Å². The molecule has 2 aromatic rings. The van der Waals surface area contributed by atoms with E-state index in [4.69, 9.17) is 0 Å². The number of ketones is 2. The smallest absolute Gasteiger partial charge is 0.174 e. The molecule has 1 N–H and O–H groups in total. The van der Waals surface area contributed by atoms with E-state index in [1.54, 1.807) is 36.4 Å². The van der Waals surface area contributed by atoms with E-state index in [1.165, 1.54) is 6.07 Å². The fraction of sp³-hybridized carbons (Fsp3) is 0.176. The first-order chi connectivity index (χ1) is 9.61. The van der Waals surface area contributed by atoms with Crippen LogP contribution in [0, 0.1) is 0 Å². The van der Waals surface area contributed by atoms with Crippen molar-refractivity contribution in [1.82, 2.24) is 0 Å². The van der Waals surface area contributed by atoms with Crippen LogP contribution >= 0.6 is 0 Å². The average Bonchev–Trinajstić information content (AvgIpc) is 2.48. The fourth-order valence-electron chi connectivity index (χ4n) is 1.99. The van der Waals surface area contributed by atoms with Crippen molar-refractivity contribution in [1.29, 1.82) is 0 Å². The first-order valence-electron chi connectivity index (χ1n) is 6.55. The summed E-state index contributed by atoms with van der Waals surface area (Å²) in [5.74, 6) is -0.670. The van der Waals surface area contributed by atoms with Gasteiger partial charge in [-0.15, -0.1) is 0 Å². The molecule has 2 aromatic carbocycles. The zero-order valence-corrected chi connectivity index (χ0v) is 11.3. The van der Waals surface area contributed by atoms with Gasteiger partial charge in [0.1, 0.15) is 5.75 Å². The minimum absolute atomic E-state index is 0.0759. The van der Waals surface area contributed by atoms with Crippen molar-refractivity contribution in [2.45, 2.75) is 19.8 Å². The number of Topliss-reactive ketones (excluding diaryl/α,β-unsaturated/α-hetero) is 2. The maximum absolute atomic E-state index is 12.1. The van der Waals surface area contributed by atoms with Crippen molar-refractivity contribution in [3.63, 3.8) is 0 Å². The van der Waals surface area contributed by atoms with Crippen LogP contribution in [0.25, 0.3) is 0 Å². The van der Waals surface area contributed by atoms with Gasteiger partial charge in [0, 0.05) is 5.56 Å². The third-order valence-electron chi connectivity index (χ3n) is 3.19. The molecule has 0 aliphatic rings. The Morgan fingerprint density at radius 2 is 1.70 bits per heavy atom. The maximum Gasteiger partial charge on any atom is 0.174 e. The van der Waals surface area contributed by atoms with Gasteiger partial charge < -0.3 is 5.11 Å². The van der Waals surface area contributed by atoms with E-state index in [9.17, 15) is 14.7 Å². The van der Waals surface area contributed by atoms with Crippen LogP contribution in [0.3, 0.4) is 0 Å². The number of phenolic OH excluding ortho intramolecular Hbond substituents is 1. The molecule has 0 saturated carbocycles. The van der Waals surface area contributed by atoms with Gasteiger partial charge in [-0.1, -0.05) is 43.3 Å². The molecule has 0 bridgehead atoms. The number of carbonyl (C=O) groups excluding carboxylic acids is 2. The molecule has 20 heavy (non-hydrogen) atoms. The Hall–Kier alpha value is -2.42. The Balaban J connectivity index is 2.18. The van der Waals surface area contributed by atoms with Gasteiger partial charge in [-0.2, -0.15) is 0 Å². The second-order valence-electron chi connectivity index (χ2n) is 4.59. The Morgan fingerprint density at radius 1 is 1.00 bits per heavy atom. The predicted molar refractivity (Wildman–Crippen MR) is 77.2 cm³/mol. The van der Waals surface area contributed by atoms with Crippen molar-refractivity contribution >= 4 is 11.6 Å². The number of rotatable bonds is 5. The molecule has 0 saturated heterocycles. The number of carbonyl (C=O) groups is 2. The highest BCUT2D eigenvalue weighted by Gasteiger charge is 2.16. The van der Waals surface area contributed by atoms with Gasteiger partial charge in [0.15, 0.2) is 11.6 Å². The lowest BCUT2D eigenvalue weighted by Crippen LogP contribution is -2.09. The molecular formula is C17H16O3. The standard InChI is InChI=1S/C17H16O3/c1-2-12-8-9-15(18)14(10-12)17(20)11-16(19)13-6-4-3-5-7-13/h3-10,18H,2,11H2,1H3. The number of hydrogen-bond acceptors (Lipinski definition) is 3. The van der Waals surface area contributed by atoms with Crippen LogP contribution in [-0.4, -0.2) is 16.7 Å². The minimum atomic E-state index is -0.355. The third kappa shape index (κ3) is 3.12. The van der Waals surface area contributed by atoms with E-state index in [0.29, 0.717) is 5.56 Å². The second-order valence-corrected chi connectivity index (χ2v) is 4.59. The van der Waals surface area contributed by atoms with Crippen LogP contribution in [-0.2, 0) is 6.42 Å². The van der Waals surface area contributed by atoms with E-state index in [1.807, 2.05) is 13.0 Å². The van der Waals surface area contributed by atoms with Crippen LogP contribution in [0.5, 0.6) is 5.75 Å². The Bertz CT molecular complexity index is 630. The molecule has 3 heteroatoms. The van der Waals surface area contributed by atoms with E-state index in [2.05, 4.69) is 0 Å². The molecule has 2 rings (SSSR count). The molecule has 0 aliphatic heterocycles. The van der Waals surface area contributed by atoms with Crippen LogP contribution in [0.2, 0.25) is 0 Å². The first-order valence-corrected chi connectivity index (χ1v) is 6.55. The number of aromatic hydroxyl groups is 1. The quantitative estimate of drug-likeness (QED) is 0.668. The molecule has 0 aliphatic carbocycles. The highest BCUT2D eigenvalue weighted by molar-refractivity contribution is 6.14. The number of aryl methyl sites for hydroxylation is 1. The molecule has 0 radical (unpaired) electrons. The summed E-state index contributed by atoms with van der Waals surface area (Å²) in [7, 11) is 0. The van der Waals surface area contributed by atoms with E-state index < -0.39 is 0 Å². The number of hydrogen-bond donors (Lipinski definition) is 1. The summed E-state index contributed by atoms with van der Waals surface area (Å²) >= 11 is 0. The Morgan fingerprint density at radius 3 is 2.35 bits per heavy atom. The second kappa shape index (κ2) is 6.15. The summed E-state index contributed by atoms with van der Waals surface area (Å²) in [5, 5.41) is 9.75. The zero-order chi connectivity index (χ0) is 14.5. The highest BCUT2D eigenvalue weighted by Crippen LogP contribution is 2.21. The lowest BCUT2D eigenvalue weighted by atomic mass is 9.99. The fourth-order valence-corrected chi connectivity index (χ4v) is 1.99. The van der Waals surface area contributed by atoms with Gasteiger partial charge in [0.2, 0.25) is 0 Å². The summed E-state index contributed by atoms with van der Waals surface area (Å²) in [6.07, 6.45) is 0.540. The summed E-state index contributed by atoms with van der Waals surface area (Å²) in [4.78, 5) is 24.1. The normalized spacial score (nSPS) is 10.2. The summed E-state index contributed by atoms with van der Waals surface area (Å²) < 4.78 is 0. The van der Waals surface area contributed by atoms with Crippen LogP contribution in [0.15, 0.2) is 48.5 Å². The maximum atomic E-state index is 12.1. The van der Waals surface area contributed by atoms with Gasteiger partial charge >= 0.3 is 0 Å². The molecule has 0 unspecified atom stereocenters. The molecule has 0 heterocycles. The molecular weight excluding hydrogens is 252 g/mol. The van der Waals surface area contributed by atoms with Crippen molar-refractivity contribution in [3.05, 3.63) is 65.2 Å². The lowest BCUT2D eigenvalue weighted by Gasteiger charge is -2.06. The number of phenols is 1. The first kappa shape index (κ1) is 14.0. The highest BCUT2D eigenvalue weighted by atomic mass is 16.3. The minimum Gasteiger partial charge on any atom is -0.507 e. The van der Waals surface area contributed by atoms with E-state index >= 15 is 0 Å². The van der Waals surface area contributed by atoms with Crippen LogP contribution in [0.4, 0.5) is 0 Å². The Labute approximate surface area is 117 Å². The van der Waals surface area contributed by atoms with Gasteiger partial charge in [0.05, 0.1) is 12.0 Å². The largest absolute Gasteiger partial charge is 0.507 e. The molecule has 0 spiro atoms. The zero-order valence-electron chi connectivity index (χ0n) is 11.3. The van der Waals surface area contributed by atoms with Crippen molar-refractivity contribution < 1.29 is 14.7 Å². The molecule has 102 valence electrons. The topological polar surface area (TPSA) is 54.4 Å². The summed E-state index contributed by atoms with van der Waals surface area (Å²) in [5.41, 5.74) is 1.68. The molecule has 0 amide bonds. The molecule has 3 nitrogen and oxygen atoms in total. The Kier molecular flexibility index (Phi) is 4.31. The average molecular weight is 268 g/mol. The van der Waals surface area contributed by atoms with Gasteiger partial charge in [-0.3, -0.25) is 9.59 Å². The predicted octanol–water partition coefficient (Wildman–Crippen LogP) is 3.41. The number of benzene rings is 2. The van der Waals surface area contributed by atoms with Crippen molar-refractivity contribution in [3.8, 4) is 5.75 Å². The summed E-state index contributed by atoms with van der Waals surface area (Å²) in [6.45, 7) is 1.97. The molecule has 0 fully saturated rings. The van der Waals surface area contributed by atoms with Gasteiger partial charge in [-0.05, 0) is 24.1 Å². The molecule has 0 aromatic heterocycles. The monoisotopic (exact) mass is 268 g/mol. The van der Waals surface area contributed by atoms with E-state index in [0.717, 1.165) is 12.0 Å². The van der Waals surface area contributed by atoms with Gasteiger partial charge in [0.25, 0.3) is 0 Å². The SMILES string of the molecule is CCc1ccc(O)c(C(=O)CC(=O)c2ccccc2)c1. The lowest BCUT2D eigenvalue weighted by molar-refractivity contribution is 0.0893. The van der Waals surface area contributed by atoms with E-state index in [-0.39, 0.29) is 29.3 Å². The van der Waals surface area contributed by atoms with Crippen molar-refractivity contribution in [2.75, 3.05) is 0 Å².